The molecule has 4 unspecified atom stereocenters. The summed E-state index contributed by atoms with van der Waals surface area (Å²) in [7, 11) is 0. The smallest absolute Gasteiger partial charge is 0.249 e. The van der Waals surface area contributed by atoms with Crippen LogP contribution in [-0.4, -0.2) is 57.3 Å². The van der Waals surface area contributed by atoms with Crippen molar-refractivity contribution in [1.29, 1.82) is 0 Å². The van der Waals surface area contributed by atoms with Crippen LogP contribution < -0.4 is 5.32 Å². The van der Waals surface area contributed by atoms with Gasteiger partial charge < -0.3 is 25.7 Å². The van der Waals surface area contributed by atoms with Gasteiger partial charge in [0.2, 0.25) is 5.91 Å². The highest BCUT2D eigenvalue weighted by Crippen LogP contribution is 2.17. The summed E-state index contributed by atoms with van der Waals surface area (Å²) < 4.78 is 0. The van der Waals surface area contributed by atoms with Gasteiger partial charge in [-0.2, -0.15) is 0 Å². The van der Waals surface area contributed by atoms with Crippen LogP contribution in [0.5, 0.6) is 0 Å². The maximum Gasteiger partial charge on any atom is 0.249 e. The van der Waals surface area contributed by atoms with Crippen LogP contribution in [0.2, 0.25) is 0 Å². The molecule has 5 N–H and O–H groups in total. The number of hydrogen-bond acceptors (Lipinski definition) is 5. The number of nitrogens with one attached hydrogen (secondary N) is 1. The molecule has 52 heavy (non-hydrogen) atoms. The van der Waals surface area contributed by atoms with Gasteiger partial charge in [0.1, 0.15) is 12.2 Å². The molecule has 0 saturated carbocycles. The Balaban J connectivity index is 3.67. The van der Waals surface area contributed by atoms with Crippen molar-refractivity contribution in [2.75, 3.05) is 6.61 Å². The molecule has 0 heterocycles. The van der Waals surface area contributed by atoms with E-state index in [1.54, 1.807) is 0 Å². The first-order valence-corrected chi connectivity index (χ1v) is 23.4. The molecule has 4 atom stereocenters. The molecule has 0 spiro atoms. The SMILES string of the molecule is CCCCCCCCCCCCCCCCCCCCCC(O)C(O)C(CO)NC(=O)C(O)CCCCCCCCCCCCCCCCCCC. The summed E-state index contributed by atoms with van der Waals surface area (Å²) in [6.07, 6.45) is 44.2. The average Bonchev–Trinajstić information content (AvgIpc) is 3.15. The van der Waals surface area contributed by atoms with Crippen molar-refractivity contribution < 1.29 is 25.2 Å². The van der Waals surface area contributed by atoms with E-state index in [1.807, 2.05) is 0 Å². The molecule has 6 nitrogen and oxygen atoms in total. The largest absolute Gasteiger partial charge is 0.394 e. The van der Waals surface area contributed by atoms with Crippen LogP contribution >= 0.6 is 0 Å². The Bertz CT molecular complexity index is 706. The minimum atomic E-state index is -1.25. The molecule has 0 saturated heterocycles. The third-order valence-corrected chi connectivity index (χ3v) is 11.3. The number of aliphatic hydroxyl groups excluding tert-OH is 4. The summed E-state index contributed by atoms with van der Waals surface area (Å²) >= 11 is 0. The molecule has 0 aromatic heterocycles. The minimum absolute atomic E-state index is 0.376. The third-order valence-electron chi connectivity index (χ3n) is 11.3. The second-order valence-electron chi connectivity index (χ2n) is 16.5. The lowest BCUT2D eigenvalue weighted by molar-refractivity contribution is -0.132. The van der Waals surface area contributed by atoms with Gasteiger partial charge in [-0.1, -0.05) is 245 Å². The standard InChI is InChI=1S/C46H93NO5/c1-3-5-7-9-11-13-15-17-19-21-22-24-25-27-29-31-33-35-37-39-43(49)45(51)42(41-48)47-46(52)44(50)40-38-36-34-32-30-28-26-23-20-18-16-14-12-10-8-6-4-2/h42-45,48-51H,3-41H2,1-2H3,(H,47,52). The van der Waals surface area contributed by atoms with Gasteiger partial charge in [-0.3, -0.25) is 4.79 Å². The van der Waals surface area contributed by atoms with Gasteiger partial charge in [0.05, 0.1) is 18.8 Å². The molecule has 0 aliphatic heterocycles. The lowest BCUT2D eigenvalue weighted by atomic mass is 9.99. The number of carbonyl (C=O) groups is 1. The fourth-order valence-electron chi connectivity index (χ4n) is 7.58. The molecule has 1 amide bonds. The molecule has 0 bridgehead atoms. The Kier molecular flexibility index (Phi) is 40.9. The molecule has 0 aliphatic rings. The van der Waals surface area contributed by atoms with Crippen LogP contribution in [0.15, 0.2) is 0 Å². The van der Waals surface area contributed by atoms with Crippen molar-refractivity contribution in [1.82, 2.24) is 5.32 Å². The fraction of sp³-hybridized carbons (Fsp3) is 0.978. The molecule has 312 valence electrons. The number of rotatable bonds is 43. The molecule has 6 heteroatoms. The number of hydrogen-bond donors (Lipinski definition) is 5. The first-order valence-electron chi connectivity index (χ1n) is 23.4. The predicted octanol–water partition coefficient (Wildman–Crippen LogP) is 12.4. The summed E-state index contributed by atoms with van der Waals surface area (Å²) in [5.74, 6) is -0.578. The minimum Gasteiger partial charge on any atom is -0.394 e. The van der Waals surface area contributed by atoms with E-state index in [9.17, 15) is 25.2 Å². The molecule has 0 fully saturated rings. The van der Waals surface area contributed by atoms with Gasteiger partial charge in [-0.15, -0.1) is 0 Å². The number of aliphatic hydroxyl groups is 4. The molecule has 0 radical (unpaired) electrons. The molecule has 0 aliphatic carbocycles. The van der Waals surface area contributed by atoms with Gasteiger partial charge in [0.25, 0.3) is 0 Å². The zero-order valence-corrected chi connectivity index (χ0v) is 35.1. The lowest BCUT2D eigenvalue weighted by Gasteiger charge is -2.27. The molecular formula is C46H93NO5. The van der Waals surface area contributed by atoms with E-state index < -0.39 is 36.9 Å². The van der Waals surface area contributed by atoms with Gasteiger partial charge in [-0.25, -0.2) is 0 Å². The van der Waals surface area contributed by atoms with E-state index in [1.165, 1.54) is 193 Å². The molecule has 0 aromatic carbocycles. The normalized spacial score (nSPS) is 14.0. The van der Waals surface area contributed by atoms with Crippen LogP contribution in [0, 0.1) is 0 Å². The molecule has 0 rings (SSSR count). The van der Waals surface area contributed by atoms with Crippen LogP contribution in [-0.2, 0) is 4.79 Å². The van der Waals surface area contributed by atoms with Gasteiger partial charge in [0.15, 0.2) is 0 Å². The van der Waals surface area contributed by atoms with Crippen LogP contribution in [0.4, 0.5) is 0 Å². The summed E-state index contributed by atoms with van der Waals surface area (Å²) in [5.41, 5.74) is 0. The lowest BCUT2D eigenvalue weighted by Crippen LogP contribution is -2.53. The second-order valence-corrected chi connectivity index (χ2v) is 16.5. The topological polar surface area (TPSA) is 110 Å². The summed E-state index contributed by atoms with van der Waals surface area (Å²) in [6, 6.07) is -0.979. The monoisotopic (exact) mass is 740 g/mol. The Morgan fingerprint density at radius 1 is 0.404 bits per heavy atom. The Morgan fingerprint density at radius 3 is 0.923 bits per heavy atom. The average molecular weight is 740 g/mol. The van der Waals surface area contributed by atoms with E-state index in [-0.39, 0.29) is 0 Å². The van der Waals surface area contributed by atoms with Crippen LogP contribution in [0.3, 0.4) is 0 Å². The number of carbonyl (C=O) groups excluding carboxylic acids is 1. The van der Waals surface area contributed by atoms with E-state index >= 15 is 0 Å². The Morgan fingerprint density at radius 2 is 0.654 bits per heavy atom. The first-order chi connectivity index (χ1) is 25.5. The van der Waals surface area contributed by atoms with Crippen molar-refractivity contribution >= 4 is 5.91 Å². The second kappa shape index (κ2) is 41.5. The number of unbranched alkanes of at least 4 members (excludes halogenated alkanes) is 34. The number of amides is 1. The maximum absolute atomic E-state index is 12.5. The summed E-state index contributed by atoms with van der Waals surface area (Å²) in [4.78, 5) is 12.5. The third kappa shape index (κ3) is 35.0. The van der Waals surface area contributed by atoms with Crippen molar-refractivity contribution in [2.24, 2.45) is 0 Å². The highest BCUT2D eigenvalue weighted by molar-refractivity contribution is 5.80. The Labute approximate surface area is 324 Å². The van der Waals surface area contributed by atoms with E-state index in [2.05, 4.69) is 19.2 Å². The summed E-state index contributed by atoms with van der Waals surface area (Å²) in [5, 5.41) is 43.8. The van der Waals surface area contributed by atoms with Crippen molar-refractivity contribution in [3.63, 3.8) is 0 Å². The van der Waals surface area contributed by atoms with E-state index in [0.29, 0.717) is 12.8 Å². The van der Waals surface area contributed by atoms with Gasteiger partial charge in [-0.05, 0) is 12.8 Å². The van der Waals surface area contributed by atoms with Gasteiger partial charge >= 0.3 is 0 Å². The zero-order chi connectivity index (χ0) is 38.2. The first kappa shape index (κ1) is 51.3. The van der Waals surface area contributed by atoms with Crippen LogP contribution in [0.1, 0.15) is 258 Å². The van der Waals surface area contributed by atoms with E-state index in [0.717, 1.165) is 38.5 Å². The highest BCUT2D eigenvalue weighted by atomic mass is 16.3. The summed E-state index contributed by atoms with van der Waals surface area (Å²) in [6.45, 7) is 4.08. The quantitative estimate of drug-likeness (QED) is 0.0400. The van der Waals surface area contributed by atoms with Crippen LogP contribution in [0.25, 0.3) is 0 Å². The van der Waals surface area contributed by atoms with Gasteiger partial charge in [0, 0.05) is 0 Å². The molecular weight excluding hydrogens is 647 g/mol. The predicted molar refractivity (Wildman–Crippen MR) is 224 cm³/mol. The molecule has 0 aromatic rings. The Hall–Kier alpha value is -0.690. The maximum atomic E-state index is 12.5. The highest BCUT2D eigenvalue weighted by Gasteiger charge is 2.28. The van der Waals surface area contributed by atoms with Crippen molar-refractivity contribution in [3.8, 4) is 0 Å². The fourth-order valence-corrected chi connectivity index (χ4v) is 7.58. The van der Waals surface area contributed by atoms with Crippen molar-refractivity contribution in [2.45, 2.75) is 282 Å². The zero-order valence-electron chi connectivity index (χ0n) is 35.1. The van der Waals surface area contributed by atoms with E-state index in [4.69, 9.17) is 0 Å². The van der Waals surface area contributed by atoms with Crippen molar-refractivity contribution in [3.05, 3.63) is 0 Å².